The van der Waals surface area contributed by atoms with E-state index in [4.69, 9.17) is 4.74 Å². The molecule has 1 aromatic carbocycles. The summed E-state index contributed by atoms with van der Waals surface area (Å²) in [5, 5.41) is 5.36. The van der Waals surface area contributed by atoms with Crippen molar-refractivity contribution in [1.29, 1.82) is 0 Å². The van der Waals surface area contributed by atoms with Gasteiger partial charge in [-0.3, -0.25) is 14.4 Å². The van der Waals surface area contributed by atoms with Crippen molar-refractivity contribution in [3.8, 4) is 0 Å². The van der Waals surface area contributed by atoms with Crippen LogP contribution in [0.5, 0.6) is 0 Å². The first kappa shape index (κ1) is 19.8. The van der Waals surface area contributed by atoms with Crippen LogP contribution in [0.2, 0.25) is 0 Å². The molecule has 2 aromatic rings. The van der Waals surface area contributed by atoms with Crippen molar-refractivity contribution in [2.75, 3.05) is 26.8 Å². The number of aromatic nitrogens is 1. The van der Waals surface area contributed by atoms with E-state index in [-0.39, 0.29) is 29.5 Å². The Balaban J connectivity index is 1.84. The second-order valence-electron chi connectivity index (χ2n) is 6.93. The topological polar surface area (TPSA) is 89.4 Å². The van der Waals surface area contributed by atoms with Gasteiger partial charge in [0.25, 0.3) is 17.4 Å². The van der Waals surface area contributed by atoms with Crippen molar-refractivity contribution in [3.63, 3.8) is 0 Å². The number of carbonyl (C=O) groups is 2. The predicted octanol–water partition coefficient (Wildman–Crippen LogP) is 1.41. The Kier molecular flexibility index (Phi) is 6.60. The summed E-state index contributed by atoms with van der Waals surface area (Å²) < 4.78 is 6.84. The zero-order chi connectivity index (χ0) is 19.9. The molecule has 0 radical (unpaired) electrons. The lowest BCUT2D eigenvalue weighted by Crippen LogP contribution is -2.36. The molecule has 3 rings (SSSR count). The number of nitrogens with one attached hydrogen (secondary N) is 2. The van der Waals surface area contributed by atoms with Gasteiger partial charge in [0, 0.05) is 26.4 Å². The Morgan fingerprint density at radius 1 is 1.21 bits per heavy atom. The highest BCUT2D eigenvalue weighted by Crippen LogP contribution is 2.13. The van der Waals surface area contributed by atoms with Gasteiger partial charge in [0.05, 0.1) is 18.7 Å². The number of hydrogen-bond donors (Lipinski definition) is 2. The third kappa shape index (κ3) is 4.86. The van der Waals surface area contributed by atoms with Crippen LogP contribution in [0.15, 0.2) is 47.4 Å². The summed E-state index contributed by atoms with van der Waals surface area (Å²) in [6.07, 6.45) is 3.51. The Labute approximate surface area is 163 Å². The van der Waals surface area contributed by atoms with Crippen molar-refractivity contribution in [1.82, 2.24) is 15.2 Å². The van der Waals surface area contributed by atoms with Crippen LogP contribution < -0.4 is 16.2 Å². The Bertz CT molecular complexity index is 886. The number of pyridine rings is 1. The molecule has 2 heterocycles. The molecule has 1 aromatic heterocycles. The van der Waals surface area contributed by atoms with E-state index in [1.807, 2.05) is 30.3 Å². The van der Waals surface area contributed by atoms with Crippen molar-refractivity contribution in [3.05, 3.63) is 69.6 Å². The van der Waals surface area contributed by atoms with Crippen LogP contribution in [0.4, 0.5) is 0 Å². The molecule has 1 aliphatic rings. The van der Waals surface area contributed by atoms with Crippen LogP contribution in [0, 0.1) is 5.92 Å². The summed E-state index contributed by atoms with van der Waals surface area (Å²) in [6, 6.07) is 10.8. The molecule has 2 amide bonds. The first-order chi connectivity index (χ1) is 13.6. The molecule has 1 atom stereocenters. The molecule has 28 heavy (non-hydrogen) atoms. The number of amides is 2. The largest absolute Gasteiger partial charge is 0.381 e. The molecule has 0 bridgehead atoms. The molecule has 0 aliphatic carbocycles. The molecule has 7 heteroatoms. The molecule has 2 N–H and O–H groups in total. The molecule has 1 fully saturated rings. The standard InChI is InChI=1S/C21H25N3O4/c1-22-20(26)18-10-17(19(25)23-11-16-8-5-9-28-14-16)13-24(21(18)27)12-15-6-3-2-4-7-15/h2-4,6-7,10,13,16H,5,8-9,11-12,14H2,1H3,(H,22,26)(H,23,25). The van der Waals surface area contributed by atoms with Crippen LogP contribution in [0.25, 0.3) is 0 Å². The number of benzene rings is 1. The summed E-state index contributed by atoms with van der Waals surface area (Å²) >= 11 is 0. The minimum atomic E-state index is -0.512. The molecule has 1 saturated heterocycles. The molecular formula is C21H25N3O4. The molecular weight excluding hydrogens is 358 g/mol. The maximum Gasteiger partial charge on any atom is 0.263 e. The lowest BCUT2D eigenvalue weighted by molar-refractivity contribution is 0.0536. The molecule has 1 unspecified atom stereocenters. The number of rotatable bonds is 6. The second-order valence-corrected chi connectivity index (χ2v) is 6.93. The van der Waals surface area contributed by atoms with Gasteiger partial charge in [-0.25, -0.2) is 0 Å². The van der Waals surface area contributed by atoms with Crippen LogP contribution >= 0.6 is 0 Å². The van der Waals surface area contributed by atoms with Crippen molar-refractivity contribution in [2.45, 2.75) is 19.4 Å². The predicted molar refractivity (Wildman–Crippen MR) is 106 cm³/mol. The van der Waals surface area contributed by atoms with Crippen molar-refractivity contribution in [2.24, 2.45) is 5.92 Å². The number of carbonyl (C=O) groups excluding carboxylic acids is 2. The lowest BCUT2D eigenvalue weighted by atomic mass is 10.0. The van der Waals surface area contributed by atoms with Crippen LogP contribution in [0.3, 0.4) is 0 Å². The smallest absolute Gasteiger partial charge is 0.263 e. The van der Waals surface area contributed by atoms with Gasteiger partial charge in [-0.05, 0) is 30.4 Å². The van der Waals surface area contributed by atoms with Crippen LogP contribution in [-0.4, -0.2) is 43.2 Å². The fourth-order valence-corrected chi connectivity index (χ4v) is 3.26. The molecule has 7 nitrogen and oxygen atoms in total. The summed E-state index contributed by atoms with van der Waals surface area (Å²) in [7, 11) is 1.46. The fourth-order valence-electron chi connectivity index (χ4n) is 3.26. The van der Waals surface area contributed by atoms with Gasteiger partial charge >= 0.3 is 0 Å². The van der Waals surface area contributed by atoms with E-state index >= 15 is 0 Å². The SMILES string of the molecule is CNC(=O)c1cc(C(=O)NCC2CCCOC2)cn(Cc2ccccc2)c1=O. The first-order valence-corrected chi connectivity index (χ1v) is 9.45. The van der Waals surface area contributed by atoms with E-state index in [1.54, 1.807) is 0 Å². The maximum absolute atomic E-state index is 12.7. The minimum absolute atomic E-state index is 0.0490. The normalized spacial score (nSPS) is 16.4. The zero-order valence-corrected chi connectivity index (χ0v) is 15.9. The lowest BCUT2D eigenvalue weighted by Gasteiger charge is -2.22. The van der Waals surface area contributed by atoms with E-state index in [1.165, 1.54) is 23.9 Å². The van der Waals surface area contributed by atoms with Gasteiger partial charge in [-0.15, -0.1) is 0 Å². The minimum Gasteiger partial charge on any atom is -0.381 e. The second kappa shape index (κ2) is 9.32. The average molecular weight is 383 g/mol. The van der Waals surface area contributed by atoms with E-state index in [0.717, 1.165) is 25.0 Å². The third-order valence-corrected chi connectivity index (χ3v) is 4.82. The highest BCUT2D eigenvalue weighted by atomic mass is 16.5. The molecule has 0 spiro atoms. The fraction of sp³-hybridized carbons (Fsp3) is 0.381. The zero-order valence-electron chi connectivity index (χ0n) is 15.9. The van der Waals surface area contributed by atoms with Crippen LogP contribution in [0.1, 0.15) is 39.1 Å². The van der Waals surface area contributed by atoms with Gasteiger partial charge in [0.2, 0.25) is 0 Å². The number of hydrogen-bond acceptors (Lipinski definition) is 4. The van der Waals surface area contributed by atoms with Gasteiger partial charge in [0.15, 0.2) is 0 Å². The van der Waals surface area contributed by atoms with E-state index in [2.05, 4.69) is 10.6 Å². The van der Waals surface area contributed by atoms with E-state index in [9.17, 15) is 14.4 Å². The monoisotopic (exact) mass is 383 g/mol. The highest BCUT2D eigenvalue weighted by molar-refractivity contribution is 5.99. The van der Waals surface area contributed by atoms with Crippen molar-refractivity contribution < 1.29 is 14.3 Å². The highest BCUT2D eigenvalue weighted by Gasteiger charge is 2.19. The Hall–Kier alpha value is -2.93. The summed E-state index contributed by atoms with van der Waals surface area (Å²) in [5.41, 5.74) is 0.711. The maximum atomic E-state index is 12.7. The molecule has 1 aliphatic heterocycles. The number of nitrogens with zero attached hydrogens (tertiary/aromatic N) is 1. The van der Waals surface area contributed by atoms with Crippen molar-refractivity contribution >= 4 is 11.8 Å². The van der Waals surface area contributed by atoms with Gasteiger partial charge < -0.3 is 19.9 Å². The Morgan fingerprint density at radius 2 is 2.00 bits per heavy atom. The quantitative estimate of drug-likeness (QED) is 0.789. The van der Waals surface area contributed by atoms with Gasteiger partial charge in [-0.1, -0.05) is 30.3 Å². The summed E-state index contributed by atoms with van der Waals surface area (Å²) in [4.78, 5) is 37.5. The molecule has 148 valence electrons. The Morgan fingerprint density at radius 3 is 2.68 bits per heavy atom. The van der Waals surface area contributed by atoms with Gasteiger partial charge in [0.1, 0.15) is 5.56 Å². The number of ether oxygens (including phenoxy) is 1. The molecule has 0 saturated carbocycles. The summed E-state index contributed by atoms with van der Waals surface area (Å²) in [6.45, 7) is 2.19. The van der Waals surface area contributed by atoms with Crippen LogP contribution in [-0.2, 0) is 11.3 Å². The van der Waals surface area contributed by atoms with E-state index in [0.29, 0.717) is 13.2 Å². The van der Waals surface area contributed by atoms with E-state index < -0.39 is 11.5 Å². The summed E-state index contributed by atoms with van der Waals surface area (Å²) in [5.74, 6) is -0.536. The van der Waals surface area contributed by atoms with Gasteiger partial charge in [-0.2, -0.15) is 0 Å². The third-order valence-electron chi connectivity index (χ3n) is 4.82. The first-order valence-electron chi connectivity index (χ1n) is 9.45. The average Bonchev–Trinajstić information content (AvgIpc) is 2.74.